The highest BCUT2D eigenvalue weighted by Gasteiger charge is 2.18. The highest BCUT2D eigenvalue weighted by Crippen LogP contribution is 2.36. The molecule has 6 rings (SSSR count). The fourth-order valence-electron chi connectivity index (χ4n) is 5.13. The molecule has 0 saturated heterocycles. The maximum atomic E-state index is 12.2. The van der Waals surface area contributed by atoms with E-state index in [-0.39, 0.29) is 5.56 Å². The number of pyridine rings is 2. The van der Waals surface area contributed by atoms with E-state index < -0.39 is 11.9 Å². The molecule has 3 N–H and O–H groups in total. The van der Waals surface area contributed by atoms with Gasteiger partial charge in [-0.15, -0.1) is 0 Å². The number of aryl methyl sites for hydroxylation is 1. The van der Waals surface area contributed by atoms with Crippen molar-refractivity contribution >= 4 is 34.0 Å². The van der Waals surface area contributed by atoms with Crippen LogP contribution in [0.1, 0.15) is 37.5 Å². The molecule has 0 spiro atoms. The predicted octanol–water partition coefficient (Wildman–Crippen LogP) is 6.16. The number of nitrogens with one attached hydrogen (secondary N) is 2. The SMILES string of the molecule is COC(=O)c1ccnc2cc(Cc3cccc(-c4cccc(C)c4-c4cc5nccc(C(=O)O)c5[nH]4)c3)[nH]c12. The number of rotatable bonds is 6. The Morgan fingerprint density at radius 2 is 1.59 bits per heavy atom. The number of carboxylic acid groups (broad SMARTS) is 1. The summed E-state index contributed by atoms with van der Waals surface area (Å²) >= 11 is 0. The van der Waals surface area contributed by atoms with Gasteiger partial charge in [0.05, 0.1) is 40.3 Å². The van der Waals surface area contributed by atoms with Crippen molar-refractivity contribution in [1.29, 1.82) is 0 Å². The molecule has 0 radical (unpaired) electrons. The number of carbonyl (C=O) groups excluding carboxylic acids is 1. The lowest BCUT2D eigenvalue weighted by atomic mass is 9.92. The van der Waals surface area contributed by atoms with E-state index in [1.165, 1.54) is 19.4 Å². The Hall–Kier alpha value is -5.24. The molecule has 0 aliphatic carbocycles. The molecule has 0 atom stereocenters. The van der Waals surface area contributed by atoms with Gasteiger partial charge in [0.25, 0.3) is 0 Å². The first kappa shape index (κ1) is 24.1. The number of aromatic nitrogens is 4. The van der Waals surface area contributed by atoms with Crippen molar-refractivity contribution in [3.8, 4) is 22.4 Å². The Kier molecular flexibility index (Phi) is 5.92. The number of carbonyl (C=O) groups is 2. The van der Waals surface area contributed by atoms with Gasteiger partial charge in [0.1, 0.15) is 0 Å². The van der Waals surface area contributed by atoms with Crippen LogP contribution in [0.3, 0.4) is 0 Å². The summed E-state index contributed by atoms with van der Waals surface area (Å²) in [4.78, 5) is 39.3. The molecule has 4 heterocycles. The number of aromatic amines is 2. The van der Waals surface area contributed by atoms with E-state index in [2.05, 4.69) is 44.2 Å². The average molecular weight is 517 g/mol. The Morgan fingerprint density at radius 3 is 2.36 bits per heavy atom. The molecular weight excluding hydrogens is 492 g/mol. The summed E-state index contributed by atoms with van der Waals surface area (Å²) in [6, 6.07) is 21.4. The van der Waals surface area contributed by atoms with Crippen molar-refractivity contribution < 1.29 is 19.4 Å². The van der Waals surface area contributed by atoms with Crippen LogP contribution in [0.4, 0.5) is 0 Å². The fourth-order valence-corrected chi connectivity index (χ4v) is 5.13. The van der Waals surface area contributed by atoms with Gasteiger partial charge in [0.15, 0.2) is 0 Å². The number of esters is 1. The van der Waals surface area contributed by atoms with E-state index in [1.807, 2.05) is 37.3 Å². The number of H-pyrrole nitrogens is 2. The number of methoxy groups -OCH3 is 1. The summed E-state index contributed by atoms with van der Waals surface area (Å²) < 4.78 is 4.91. The third-order valence-electron chi connectivity index (χ3n) is 6.91. The quantitative estimate of drug-likeness (QED) is 0.228. The predicted molar refractivity (Wildman–Crippen MR) is 149 cm³/mol. The lowest BCUT2D eigenvalue weighted by molar-refractivity contribution is 0.0601. The second-order valence-electron chi connectivity index (χ2n) is 9.39. The van der Waals surface area contributed by atoms with Gasteiger partial charge < -0.3 is 19.8 Å². The van der Waals surface area contributed by atoms with Crippen molar-refractivity contribution in [2.45, 2.75) is 13.3 Å². The smallest absolute Gasteiger partial charge is 0.340 e. The molecule has 0 bridgehead atoms. The lowest BCUT2D eigenvalue weighted by Crippen LogP contribution is -2.02. The van der Waals surface area contributed by atoms with Gasteiger partial charge in [-0.05, 0) is 53.4 Å². The van der Waals surface area contributed by atoms with Crippen LogP contribution in [0, 0.1) is 6.92 Å². The number of ether oxygens (including phenoxy) is 1. The summed E-state index contributed by atoms with van der Waals surface area (Å²) in [7, 11) is 1.36. The largest absolute Gasteiger partial charge is 0.478 e. The van der Waals surface area contributed by atoms with Crippen LogP contribution >= 0.6 is 0 Å². The third-order valence-corrected chi connectivity index (χ3v) is 6.91. The molecule has 0 fully saturated rings. The first-order chi connectivity index (χ1) is 18.9. The summed E-state index contributed by atoms with van der Waals surface area (Å²) in [5.74, 6) is -1.41. The highest BCUT2D eigenvalue weighted by atomic mass is 16.5. The van der Waals surface area contributed by atoms with Gasteiger partial charge in [0, 0.05) is 35.8 Å². The van der Waals surface area contributed by atoms with Gasteiger partial charge in [-0.2, -0.15) is 0 Å². The molecule has 2 aromatic carbocycles. The minimum Gasteiger partial charge on any atom is -0.478 e. The zero-order chi connectivity index (χ0) is 27.1. The number of hydrogen-bond donors (Lipinski definition) is 3. The van der Waals surface area contributed by atoms with E-state index in [0.717, 1.165) is 39.2 Å². The van der Waals surface area contributed by atoms with Crippen molar-refractivity contribution in [3.63, 3.8) is 0 Å². The van der Waals surface area contributed by atoms with Crippen molar-refractivity contribution in [2.24, 2.45) is 0 Å². The van der Waals surface area contributed by atoms with Crippen LogP contribution in [0.15, 0.2) is 79.1 Å². The number of fused-ring (bicyclic) bond motifs is 2. The summed E-state index contributed by atoms with van der Waals surface area (Å²) in [5.41, 5.74) is 10.0. The monoisotopic (exact) mass is 516 g/mol. The summed E-state index contributed by atoms with van der Waals surface area (Å²) in [5, 5.41) is 9.63. The van der Waals surface area contributed by atoms with Crippen LogP contribution in [-0.2, 0) is 11.2 Å². The second-order valence-corrected chi connectivity index (χ2v) is 9.39. The topological polar surface area (TPSA) is 121 Å². The summed E-state index contributed by atoms with van der Waals surface area (Å²) in [6.45, 7) is 2.04. The molecular formula is C31H24N4O4. The molecule has 8 nitrogen and oxygen atoms in total. The first-order valence-electron chi connectivity index (χ1n) is 12.4. The van der Waals surface area contributed by atoms with E-state index >= 15 is 0 Å². The minimum absolute atomic E-state index is 0.187. The molecule has 6 aromatic rings. The minimum atomic E-state index is -1.00. The zero-order valence-corrected chi connectivity index (χ0v) is 21.3. The van der Waals surface area contributed by atoms with Crippen molar-refractivity contribution in [3.05, 3.63) is 107 Å². The molecule has 192 valence electrons. The second kappa shape index (κ2) is 9.57. The van der Waals surface area contributed by atoms with Gasteiger partial charge in [-0.3, -0.25) is 9.97 Å². The van der Waals surface area contributed by atoms with Gasteiger partial charge in [0.2, 0.25) is 0 Å². The maximum Gasteiger partial charge on any atom is 0.340 e. The number of benzene rings is 2. The van der Waals surface area contributed by atoms with Gasteiger partial charge in [-0.1, -0.05) is 42.5 Å². The molecule has 0 saturated carbocycles. The third kappa shape index (κ3) is 4.31. The van der Waals surface area contributed by atoms with Gasteiger partial charge in [-0.25, -0.2) is 9.59 Å². The number of aromatic carboxylic acids is 1. The Morgan fingerprint density at radius 1 is 0.872 bits per heavy atom. The van der Waals surface area contributed by atoms with Crippen LogP contribution in [0.25, 0.3) is 44.5 Å². The zero-order valence-electron chi connectivity index (χ0n) is 21.3. The molecule has 8 heteroatoms. The number of nitrogens with zero attached hydrogens (tertiary/aromatic N) is 2. The molecule has 0 aliphatic heterocycles. The molecule has 0 aliphatic rings. The Balaban J connectivity index is 1.40. The molecule has 0 unspecified atom stereocenters. The highest BCUT2D eigenvalue weighted by molar-refractivity contribution is 6.03. The van der Waals surface area contributed by atoms with Crippen LogP contribution in [0.5, 0.6) is 0 Å². The van der Waals surface area contributed by atoms with Gasteiger partial charge >= 0.3 is 11.9 Å². The van der Waals surface area contributed by atoms with Crippen molar-refractivity contribution in [1.82, 2.24) is 19.9 Å². The van der Waals surface area contributed by atoms with E-state index in [0.29, 0.717) is 34.1 Å². The van der Waals surface area contributed by atoms with E-state index in [1.54, 1.807) is 12.3 Å². The van der Waals surface area contributed by atoms with E-state index in [4.69, 9.17) is 4.74 Å². The molecule has 39 heavy (non-hydrogen) atoms. The van der Waals surface area contributed by atoms with E-state index in [9.17, 15) is 14.7 Å². The van der Waals surface area contributed by atoms with Crippen LogP contribution in [-0.4, -0.2) is 44.1 Å². The average Bonchev–Trinajstić information content (AvgIpc) is 3.56. The normalized spacial score (nSPS) is 11.2. The molecule has 4 aromatic heterocycles. The standard InChI is InChI=1S/C31H24N4O4/c1-17-5-3-8-21(27(17)24-16-26-28(35-24)22(30(36)37)9-11-33-26)19-7-4-6-18(13-19)14-20-15-25-29(34-20)23(10-12-32-25)31(38)39-2/h3-13,15-16,34-35H,14H2,1-2H3,(H,36,37). The first-order valence-corrected chi connectivity index (χ1v) is 12.4. The summed E-state index contributed by atoms with van der Waals surface area (Å²) in [6.07, 6.45) is 3.73. The van der Waals surface area contributed by atoms with Crippen molar-refractivity contribution in [2.75, 3.05) is 7.11 Å². The van der Waals surface area contributed by atoms with Crippen LogP contribution < -0.4 is 0 Å². The lowest BCUT2D eigenvalue weighted by Gasteiger charge is -2.13. The Bertz CT molecular complexity index is 1900. The Labute approximate surface area is 223 Å². The fraction of sp³-hybridized carbons (Fsp3) is 0.0968. The number of hydrogen-bond acceptors (Lipinski definition) is 5. The van der Waals surface area contributed by atoms with Crippen LogP contribution in [0.2, 0.25) is 0 Å². The molecule has 0 amide bonds. The maximum absolute atomic E-state index is 12.2. The number of carboxylic acids is 1.